The monoisotopic (exact) mass is 426 g/mol. The Hall–Kier alpha value is -3.34. The summed E-state index contributed by atoms with van der Waals surface area (Å²) in [6.45, 7) is 6.39. The minimum Gasteiger partial charge on any atom is -0.378 e. The number of aromatic nitrogens is 2. The van der Waals surface area contributed by atoms with Crippen LogP contribution >= 0.6 is 0 Å². The smallest absolute Gasteiger partial charge is 0.162 e. The molecule has 2 aliphatic rings. The SMILES string of the molecule is Cc1nn(-c2ccccc2)c2c1[C@H](c1ccc(N(C)C)cc1)C1=C(CC(C)(C)CC1=O)N2. The Morgan fingerprint density at radius 1 is 1.03 bits per heavy atom. The number of anilines is 2. The average Bonchev–Trinajstić information content (AvgIpc) is 3.08. The van der Waals surface area contributed by atoms with E-state index in [0.29, 0.717) is 6.42 Å². The minimum absolute atomic E-state index is 0.0631. The summed E-state index contributed by atoms with van der Waals surface area (Å²) in [4.78, 5) is 15.6. The fraction of sp³-hybridized carbons (Fsp3) is 0.333. The second-order valence-corrected chi connectivity index (χ2v) is 9.97. The van der Waals surface area contributed by atoms with Crippen LogP contribution in [0.3, 0.4) is 0 Å². The Kier molecular flexibility index (Phi) is 4.73. The molecule has 0 amide bonds. The van der Waals surface area contributed by atoms with Crippen LogP contribution in [0.4, 0.5) is 11.5 Å². The van der Waals surface area contributed by atoms with Crippen LogP contribution in [-0.4, -0.2) is 29.7 Å². The molecule has 0 radical (unpaired) electrons. The van der Waals surface area contributed by atoms with Gasteiger partial charge in [0.25, 0.3) is 0 Å². The van der Waals surface area contributed by atoms with Crippen LogP contribution < -0.4 is 10.2 Å². The fourth-order valence-corrected chi connectivity index (χ4v) is 5.13. The zero-order chi connectivity index (χ0) is 22.6. The van der Waals surface area contributed by atoms with Gasteiger partial charge in [0, 0.05) is 49.0 Å². The first-order chi connectivity index (χ1) is 15.2. The second-order valence-electron chi connectivity index (χ2n) is 9.97. The van der Waals surface area contributed by atoms with Crippen molar-refractivity contribution in [2.24, 2.45) is 5.41 Å². The molecule has 0 saturated heterocycles. The number of nitrogens with one attached hydrogen (secondary N) is 1. The normalized spacial score (nSPS) is 19.3. The molecular formula is C27H30N4O. The molecule has 3 aromatic rings. The molecule has 0 bridgehead atoms. The number of ketones is 1. The first kappa shape index (κ1) is 20.6. The molecule has 2 heterocycles. The van der Waals surface area contributed by atoms with Crippen molar-refractivity contribution in [1.29, 1.82) is 0 Å². The molecule has 0 unspecified atom stereocenters. The van der Waals surface area contributed by atoms with E-state index in [1.807, 2.05) is 43.9 Å². The maximum absolute atomic E-state index is 13.5. The molecule has 1 atom stereocenters. The zero-order valence-electron chi connectivity index (χ0n) is 19.4. The van der Waals surface area contributed by atoms with Gasteiger partial charge in [-0.1, -0.05) is 44.2 Å². The number of carbonyl (C=O) groups is 1. The van der Waals surface area contributed by atoms with Crippen LogP contribution in [0.15, 0.2) is 65.9 Å². The fourth-order valence-electron chi connectivity index (χ4n) is 5.13. The van der Waals surface area contributed by atoms with Gasteiger partial charge >= 0.3 is 0 Å². The van der Waals surface area contributed by atoms with Crippen molar-refractivity contribution in [1.82, 2.24) is 9.78 Å². The molecule has 32 heavy (non-hydrogen) atoms. The van der Waals surface area contributed by atoms with Crippen molar-refractivity contribution < 1.29 is 4.79 Å². The molecule has 5 heteroatoms. The number of allylic oxidation sites excluding steroid dienone is 2. The lowest BCUT2D eigenvalue weighted by Gasteiger charge is -2.38. The van der Waals surface area contributed by atoms with E-state index >= 15 is 0 Å². The highest BCUT2D eigenvalue weighted by Gasteiger charge is 2.42. The van der Waals surface area contributed by atoms with E-state index in [-0.39, 0.29) is 17.1 Å². The number of rotatable bonds is 3. The van der Waals surface area contributed by atoms with E-state index in [2.05, 4.69) is 60.5 Å². The molecule has 0 spiro atoms. The summed E-state index contributed by atoms with van der Waals surface area (Å²) in [5.41, 5.74) is 7.21. The highest BCUT2D eigenvalue weighted by Crippen LogP contribution is 2.50. The summed E-state index contributed by atoms with van der Waals surface area (Å²) >= 11 is 0. The summed E-state index contributed by atoms with van der Waals surface area (Å²) in [6.07, 6.45) is 1.42. The van der Waals surface area contributed by atoms with Gasteiger partial charge in [-0.05, 0) is 48.6 Å². The summed E-state index contributed by atoms with van der Waals surface area (Å²) < 4.78 is 1.99. The molecular weight excluding hydrogens is 396 g/mol. The van der Waals surface area contributed by atoms with E-state index in [4.69, 9.17) is 5.10 Å². The Bertz CT molecular complexity index is 1220. The third-order valence-corrected chi connectivity index (χ3v) is 6.62. The van der Waals surface area contributed by atoms with Crippen molar-refractivity contribution >= 4 is 17.3 Å². The maximum Gasteiger partial charge on any atom is 0.162 e. The number of Topliss-reactive ketones (excluding diaryl/α,β-unsaturated/α-hetero) is 1. The number of carbonyl (C=O) groups excluding carboxylic acids is 1. The minimum atomic E-state index is -0.112. The van der Waals surface area contributed by atoms with Crippen molar-refractivity contribution in [2.45, 2.75) is 39.5 Å². The molecule has 1 N–H and O–H groups in total. The third kappa shape index (κ3) is 3.32. The lowest BCUT2D eigenvalue weighted by Crippen LogP contribution is -2.34. The number of hydrogen-bond acceptors (Lipinski definition) is 4. The summed E-state index contributed by atoms with van der Waals surface area (Å²) in [5, 5.41) is 8.56. The summed E-state index contributed by atoms with van der Waals surface area (Å²) in [6, 6.07) is 18.8. The van der Waals surface area contributed by atoms with Gasteiger partial charge in [0.05, 0.1) is 11.4 Å². The predicted octanol–water partition coefficient (Wildman–Crippen LogP) is 5.45. The van der Waals surface area contributed by atoms with Crippen molar-refractivity contribution in [3.05, 3.63) is 82.7 Å². The molecule has 0 fully saturated rings. The van der Waals surface area contributed by atoms with Gasteiger partial charge < -0.3 is 10.2 Å². The van der Waals surface area contributed by atoms with Crippen LogP contribution in [0.2, 0.25) is 0 Å². The van der Waals surface area contributed by atoms with E-state index in [1.165, 1.54) is 0 Å². The molecule has 1 aliphatic carbocycles. The van der Waals surface area contributed by atoms with Crippen LogP contribution in [0, 0.1) is 12.3 Å². The van der Waals surface area contributed by atoms with Crippen LogP contribution in [0.25, 0.3) is 5.69 Å². The van der Waals surface area contributed by atoms with E-state index < -0.39 is 0 Å². The summed E-state index contributed by atoms with van der Waals surface area (Å²) in [7, 11) is 4.08. The van der Waals surface area contributed by atoms with Gasteiger partial charge in [-0.15, -0.1) is 0 Å². The van der Waals surface area contributed by atoms with Gasteiger partial charge in [0.15, 0.2) is 5.78 Å². The van der Waals surface area contributed by atoms with Crippen molar-refractivity contribution in [3.63, 3.8) is 0 Å². The number of aryl methyl sites for hydroxylation is 1. The zero-order valence-corrected chi connectivity index (χ0v) is 19.4. The Labute approximate surface area is 189 Å². The highest BCUT2D eigenvalue weighted by molar-refractivity contribution is 6.01. The predicted molar refractivity (Wildman–Crippen MR) is 130 cm³/mol. The quantitative estimate of drug-likeness (QED) is 0.605. The first-order valence-corrected chi connectivity index (χ1v) is 11.2. The number of hydrogen-bond donors (Lipinski definition) is 1. The lowest BCUT2D eigenvalue weighted by atomic mass is 9.69. The van der Waals surface area contributed by atoms with Gasteiger partial charge in [-0.3, -0.25) is 4.79 Å². The van der Waals surface area contributed by atoms with Crippen LogP contribution in [-0.2, 0) is 4.79 Å². The largest absolute Gasteiger partial charge is 0.378 e. The first-order valence-electron chi connectivity index (χ1n) is 11.2. The molecule has 5 rings (SSSR count). The number of nitrogens with zero attached hydrogens (tertiary/aromatic N) is 3. The highest BCUT2D eigenvalue weighted by atomic mass is 16.1. The third-order valence-electron chi connectivity index (χ3n) is 6.62. The van der Waals surface area contributed by atoms with E-state index in [0.717, 1.165) is 51.7 Å². The molecule has 0 saturated carbocycles. The average molecular weight is 427 g/mol. The number of para-hydroxylation sites is 1. The van der Waals surface area contributed by atoms with Gasteiger partial charge in [0.1, 0.15) is 5.82 Å². The maximum atomic E-state index is 13.5. The number of fused-ring (bicyclic) bond motifs is 1. The van der Waals surface area contributed by atoms with Crippen molar-refractivity contribution in [2.75, 3.05) is 24.3 Å². The molecule has 5 nitrogen and oxygen atoms in total. The second kappa shape index (κ2) is 7.37. The molecule has 164 valence electrons. The summed E-state index contributed by atoms with van der Waals surface area (Å²) in [5.74, 6) is 1.10. The molecule has 1 aliphatic heterocycles. The Morgan fingerprint density at radius 3 is 2.38 bits per heavy atom. The van der Waals surface area contributed by atoms with E-state index in [9.17, 15) is 4.79 Å². The van der Waals surface area contributed by atoms with Gasteiger partial charge in [-0.2, -0.15) is 5.10 Å². The standard InChI is InChI=1S/C27H30N4O/c1-17-23-24(18-11-13-19(14-12-18)30(4)5)25-21(15-27(2,3)16-22(25)32)28-26(23)31(29-17)20-9-7-6-8-10-20/h6-14,24,28H,15-16H2,1-5H3/t24-/m0/s1. The topological polar surface area (TPSA) is 50.2 Å². The van der Waals surface area contributed by atoms with Crippen LogP contribution in [0.1, 0.15) is 49.4 Å². The molecule has 1 aromatic heterocycles. The van der Waals surface area contributed by atoms with E-state index in [1.54, 1.807) is 0 Å². The number of benzene rings is 2. The van der Waals surface area contributed by atoms with Gasteiger partial charge in [-0.25, -0.2) is 4.68 Å². The van der Waals surface area contributed by atoms with Crippen LogP contribution in [0.5, 0.6) is 0 Å². The van der Waals surface area contributed by atoms with Gasteiger partial charge in [0.2, 0.25) is 0 Å². The van der Waals surface area contributed by atoms with Crippen molar-refractivity contribution in [3.8, 4) is 5.69 Å². The lowest BCUT2D eigenvalue weighted by molar-refractivity contribution is -0.118. The molecule has 2 aromatic carbocycles. The Morgan fingerprint density at radius 2 is 1.72 bits per heavy atom. The Balaban J connectivity index is 1.73.